The molecule has 1 aromatic rings. The first-order valence-corrected chi connectivity index (χ1v) is 9.43. The predicted octanol–water partition coefficient (Wildman–Crippen LogP) is 0.528. The van der Waals surface area contributed by atoms with Gasteiger partial charge in [-0.3, -0.25) is 4.90 Å². The molecule has 2 heterocycles. The van der Waals surface area contributed by atoms with Crippen LogP contribution in [0.15, 0.2) is 24.3 Å². The van der Waals surface area contributed by atoms with Crippen LogP contribution in [0.4, 0.5) is 23.7 Å². The molecule has 4 N–H and O–H groups in total. The average molecular weight is 435 g/mol. The van der Waals surface area contributed by atoms with Crippen LogP contribution < -0.4 is 15.4 Å². The number of benzene rings is 1. The minimum Gasteiger partial charge on any atom is -0.406 e. The number of carbonyl (C=O) groups is 1. The maximum absolute atomic E-state index is 12.2. The highest BCUT2D eigenvalue weighted by atomic mass is 19.4. The SMILES string of the molecule is O=C(NC[C@@H]1O[C@@H](CO)[C@@H](O)[C@H]1N1CCOCC1)Nc1ccc(OC(F)(F)F)cc1. The summed E-state index contributed by atoms with van der Waals surface area (Å²) in [4.78, 5) is 14.2. The Morgan fingerprint density at radius 3 is 2.47 bits per heavy atom. The minimum atomic E-state index is -4.79. The van der Waals surface area contributed by atoms with Gasteiger partial charge in [0.25, 0.3) is 0 Å². The molecule has 2 aliphatic rings. The second-order valence-electron chi connectivity index (χ2n) is 6.93. The first kappa shape index (κ1) is 22.6. The normalized spacial score (nSPS) is 27.6. The molecule has 168 valence electrons. The standard InChI is InChI=1S/C18H24F3N3O6/c19-18(20,21)30-12-3-1-11(2-4-12)23-17(27)22-9-13-15(16(26)14(10-25)29-13)24-5-7-28-8-6-24/h1-4,13-16,25-26H,5-10H2,(H2,22,23,27)/t13-,14-,15-,16+/m0/s1. The number of ether oxygens (including phenoxy) is 3. The Labute approximate surface area is 170 Å². The first-order chi connectivity index (χ1) is 14.3. The van der Waals surface area contributed by atoms with Gasteiger partial charge in [-0.2, -0.15) is 0 Å². The van der Waals surface area contributed by atoms with E-state index in [1.54, 1.807) is 0 Å². The third kappa shape index (κ3) is 5.95. The second-order valence-corrected chi connectivity index (χ2v) is 6.93. The van der Waals surface area contributed by atoms with E-state index >= 15 is 0 Å². The van der Waals surface area contributed by atoms with Gasteiger partial charge in [-0.25, -0.2) is 4.79 Å². The van der Waals surface area contributed by atoms with Crippen LogP contribution in [0.3, 0.4) is 0 Å². The predicted molar refractivity (Wildman–Crippen MR) is 98.1 cm³/mol. The molecule has 2 aliphatic heterocycles. The number of halogens is 3. The average Bonchev–Trinajstić information content (AvgIpc) is 3.03. The molecule has 2 saturated heterocycles. The van der Waals surface area contributed by atoms with Crippen LogP contribution in [0.25, 0.3) is 0 Å². The fraction of sp³-hybridized carbons (Fsp3) is 0.611. The van der Waals surface area contributed by atoms with Crippen molar-refractivity contribution >= 4 is 11.7 Å². The van der Waals surface area contributed by atoms with Crippen LogP contribution in [0.2, 0.25) is 0 Å². The lowest BCUT2D eigenvalue weighted by molar-refractivity contribution is -0.274. The number of aliphatic hydroxyl groups is 2. The summed E-state index contributed by atoms with van der Waals surface area (Å²) in [7, 11) is 0. The van der Waals surface area contributed by atoms with Crippen LogP contribution in [-0.4, -0.2) is 91.3 Å². The van der Waals surface area contributed by atoms with Crippen molar-refractivity contribution in [3.05, 3.63) is 24.3 Å². The van der Waals surface area contributed by atoms with E-state index in [-0.39, 0.29) is 18.8 Å². The van der Waals surface area contributed by atoms with Crippen LogP contribution >= 0.6 is 0 Å². The Balaban J connectivity index is 1.53. The van der Waals surface area contributed by atoms with Crippen LogP contribution in [0.1, 0.15) is 0 Å². The van der Waals surface area contributed by atoms with E-state index in [1.165, 1.54) is 12.1 Å². The number of amides is 2. The second kappa shape index (κ2) is 9.79. The first-order valence-electron chi connectivity index (χ1n) is 9.43. The Morgan fingerprint density at radius 2 is 1.87 bits per heavy atom. The molecule has 2 fully saturated rings. The number of nitrogens with one attached hydrogen (secondary N) is 2. The van der Waals surface area contributed by atoms with E-state index in [4.69, 9.17) is 9.47 Å². The van der Waals surface area contributed by atoms with E-state index in [0.29, 0.717) is 26.3 Å². The molecular formula is C18H24F3N3O6. The molecule has 0 aromatic heterocycles. The number of nitrogens with zero attached hydrogens (tertiary/aromatic N) is 1. The summed E-state index contributed by atoms with van der Waals surface area (Å²) >= 11 is 0. The number of hydrogen-bond donors (Lipinski definition) is 4. The zero-order chi connectivity index (χ0) is 21.7. The molecular weight excluding hydrogens is 411 g/mol. The molecule has 0 aliphatic carbocycles. The topological polar surface area (TPSA) is 113 Å². The Morgan fingerprint density at radius 1 is 1.20 bits per heavy atom. The van der Waals surface area contributed by atoms with Crippen molar-refractivity contribution < 1.29 is 42.4 Å². The van der Waals surface area contributed by atoms with Crippen LogP contribution in [-0.2, 0) is 9.47 Å². The van der Waals surface area contributed by atoms with Gasteiger partial charge in [0, 0.05) is 25.3 Å². The number of urea groups is 1. The smallest absolute Gasteiger partial charge is 0.406 e. The van der Waals surface area contributed by atoms with Crippen molar-refractivity contribution in [1.82, 2.24) is 10.2 Å². The summed E-state index contributed by atoms with van der Waals surface area (Å²) in [5.74, 6) is -0.398. The maximum Gasteiger partial charge on any atom is 0.573 e. The number of carbonyl (C=O) groups excluding carboxylic acids is 1. The largest absolute Gasteiger partial charge is 0.573 e. The van der Waals surface area contributed by atoms with Crippen LogP contribution in [0, 0.1) is 0 Å². The fourth-order valence-electron chi connectivity index (χ4n) is 3.58. The van der Waals surface area contributed by atoms with E-state index in [2.05, 4.69) is 15.4 Å². The Bertz CT molecular complexity index is 699. The van der Waals surface area contributed by atoms with Crippen molar-refractivity contribution in [2.24, 2.45) is 0 Å². The summed E-state index contributed by atoms with van der Waals surface area (Å²) in [5, 5.41) is 25.0. The van der Waals surface area contributed by atoms with Gasteiger partial charge in [0.2, 0.25) is 0 Å². The number of alkyl halides is 3. The van der Waals surface area contributed by atoms with Crippen molar-refractivity contribution in [3.8, 4) is 5.75 Å². The summed E-state index contributed by atoms with van der Waals surface area (Å²) < 4.78 is 51.4. The summed E-state index contributed by atoms with van der Waals surface area (Å²) in [6, 6.07) is 3.71. The molecule has 0 spiro atoms. The lowest BCUT2D eigenvalue weighted by Crippen LogP contribution is -2.54. The molecule has 9 nitrogen and oxygen atoms in total. The molecule has 0 radical (unpaired) electrons. The highest BCUT2D eigenvalue weighted by Crippen LogP contribution is 2.27. The number of aliphatic hydroxyl groups excluding tert-OH is 2. The Hall–Kier alpha value is -2.12. The molecule has 12 heteroatoms. The molecule has 0 bridgehead atoms. The third-order valence-corrected chi connectivity index (χ3v) is 4.92. The summed E-state index contributed by atoms with van der Waals surface area (Å²) in [6.45, 7) is 1.94. The highest BCUT2D eigenvalue weighted by Gasteiger charge is 2.46. The lowest BCUT2D eigenvalue weighted by atomic mass is 10.0. The molecule has 0 unspecified atom stereocenters. The third-order valence-electron chi connectivity index (χ3n) is 4.92. The van der Waals surface area contributed by atoms with Crippen molar-refractivity contribution in [1.29, 1.82) is 0 Å². The summed E-state index contributed by atoms with van der Waals surface area (Å²) in [6.07, 6.45) is -7.01. The molecule has 3 rings (SSSR count). The monoisotopic (exact) mass is 435 g/mol. The Kier molecular flexibility index (Phi) is 7.36. The molecule has 30 heavy (non-hydrogen) atoms. The fourth-order valence-corrected chi connectivity index (χ4v) is 3.58. The van der Waals surface area contributed by atoms with Gasteiger partial charge < -0.3 is 35.1 Å². The van der Waals surface area contributed by atoms with Gasteiger partial charge >= 0.3 is 12.4 Å². The number of morpholine rings is 1. The van der Waals surface area contributed by atoms with E-state index in [9.17, 15) is 28.2 Å². The lowest BCUT2D eigenvalue weighted by Gasteiger charge is -2.36. The van der Waals surface area contributed by atoms with Gasteiger partial charge in [0.15, 0.2) is 0 Å². The van der Waals surface area contributed by atoms with Gasteiger partial charge in [0.05, 0.1) is 32.0 Å². The van der Waals surface area contributed by atoms with Crippen molar-refractivity contribution in [3.63, 3.8) is 0 Å². The number of hydrogen-bond acceptors (Lipinski definition) is 7. The minimum absolute atomic E-state index is 0.0662. The van der Waals surface area contributed by atoms with Crippen LogP contribution in [0.5, 0.6) is 5.75 Å². The van der Waals surface area contributed by atoms with E-state index < -0.39 is 42.5 Å². The highest BCUT2D eigenvalue weighted by molar-refractivity contribution is 5.89. The van der Waals surface area contributed by atoms with Gasteiger partial charge in [0.1, 0.15) is 18.0 Å². The number of rotatable bonds is 6. The molecule has 2 amide bonds. The summed E-state index contributed by atoms with van der Waals surface area (Å²) in [5.41, 5.74) is 0.271. The quantitative estimate of drug-likeness (QED) is 0.516. The molecule has 0 saturated carbocycles. The molecule has 4 atom stereocenters. The molecule has 1 aromatic carbocycles. The van der Waals surface area contributed by atoms with Gasteiger partial charge in [-0.1, -0.05) is 0 Å². The van der Waals surface area contributed by atoms with Gasteiger partial charge in [-0.05, 0) is 24.3 Å². The van der Waals surface area contributed by atoms with E-state index in [0.717, 1.165) is 12.1 Å². The van der Waals surface area contributed by atoms with Crippen molar-refractivity contribution in [2.45, 2.75) is 30.7 Å². The zero-order valence-electron chi connectivity index (χ0n) is 16.0. The zero-order valence-corrected chi connectivity index (χ0v) is 16.0. The van der Waals surface area contributed by atoms with Crippen molar-refractivity contribution in [2.75, 3.05) is 44.8 Å². The van der Waals surface area contributed by atoms with E-state index in [1.807, 2.05) is 4.90 Å². The number of anilines is 1. The maximum atomic E-state index is 12.2. The van der Waals surface area contributed by atoms with Gasteiger partial charge in [-0.15, -0.1) is 13.2 Å².